The Hall–Kier alpha value is -1.06. The van der Waals surface area contributed by atoms with Gasteiger partial charge in [-0.15, -0.1) is 0 Å². The molecule has 0 radical (unpaired) electrons. The summed E-state index contributed by atoms with van der Waals surface area (Å²) in [6.45, 7) is 0.628. The molecule has 0 unspecified atom stereocenters. The van der Waals surface area contributed by atoms with Crippen LogP contribution < -0.4 is 0 Å². The van der Waals surface area contributed by atoms with E-state index in [9.17, 15) is 9.59 Å². The Bertz CT molecular complexity index is 297. The molecule has 0 aromatic rings. The number of carbonyl (C=O) groups excluding carboxylic acids is 1. The number of carboxylic acid groups (broad SMARTS) is 1. The van der Waals surface area contributed by atoms with Crippen LogP contribution in [0.15, 0.2) is 0 Å². The first-order chi connectivity index (χ1) is 8.18. The van der Waals surface area contributed by atoms with Gasteiger partial charge in [0.1, 0.15) is 6.04 Å². The van der Waals surface area contributed by atoms with E-state index in [1.54, 1.807) is 4.90 Å². The van der Waals surface area contributed by atoms with Crippen LogP contribution in [0, 0.1) is 5.92 Å². The van der Waals surface area contributed by atoms with Crippen LogP contribution in [0.25, 0.3) is 0 Å². The quantitative estimate of drug-likeness (QED) is 0.819. The maximum atomic E-state index is 12.1. The van der Waals surface area contributed by atoms with E-state index in [-0.39, 0.29) is 5.91 Å². The summed E-state index contributed by atoms with van der Waals surface area (Å²) in [5, 5.41) is 9.04. The molecule has 1 atom stereocenters. The summed E-state index contributed by atoms with van der Waals surface area (Å²) in [6, 6.07) is -0.564. The molecule has 1 saturated carbocycles. The molecule has 0 spiro atoms. The normalized spacial score (nSPS) is 26.1. The highest BCUT2D eigenvalue weighted by Gasteiger charge is 2.34. The Labute approximate surface area is 102 Å². The SMILES string of the molecule is O=C(O)[C@H]1CCCN1C(=O)CC1CCCCC1. The molecule has 2 fully saturated rings. The van der Waals surface area contributed by atoms with Gasteiger partial charge in [0.05, 0.1) is 0 Å². The van der Waals surface area contributed by atoms with E-state index in [0.29, 0.717) is 25.3 Å². The van der Waals surface area contributed by atoms with Crippen molar-refractivity contribution in [3.05, 3.63) is 0 Å². The summed E-state index contributed by atoms with van der Waals surface area (Å²) >= 11 is 0. The third-order valence-electron chi connectivity index (χ3n) is 4.05. The first kappa shape index (κ1) is 12.4. The molecular weight excluding hydrogens is 218 g/mol. The fourth-order valence-electron chi connectivity index (χ4n) is 3.08. The second kappa shape index (κ2) is 5.52. The molecule has 0 aromatic heterocycles. The van der Waals surface area contributed by atoms with Gasteiger partial charge < -0.3 is 10.0 Å². The van der Waals surface area contributed by atoms with Gasteiger partial charge in [-0.25, -0.2) is 4.79 Å². The summed E-state index contributed by atoms with van der Waals surface area (Å²) in [7, 11) is 0. The van der Waals surface area contributed by atoms with Gasteiger partial charge in [-0.3, -0.25) is 4.79 Å². The zero-order valence-electron chi connectivity index (χ0n) is 10.2. The van der Waals surface area contributed by atoms with Crippen molar-refractivity contribution >= 4 is 11.9 Å². The number of carboxylic acids is 1. The van der Waals surface area contributed by atoms with E-state index < -0.39 is 12.0 Å². The van der Waals surface area contributed by atoms with E-state index in [2.05, 4.69) is 0 Å². The number of likely N-dealkylation sites (tertiary alicyclic amines) is 1. The van der Waals surface area contributed by atoms with Gasteiger partial charge in [0.25, 0.3) is 0 Å². The third kappa shape index (κ3) is 2.99. The van der Waals surface area contributed by atoms with Crippen LogP contribution in [0.3, 0.4) is 0 Å². The third-order valence-corrected chi connectivity index (χ3v) is 4.05. The average Bonchev–Trinajstić information content (AvgIpc) is 2.79. The monoisotopic (exact) mass is 239 g/mol. The zero-order chi connectivity index (χ0) is 12.3. The molecule has 96 valence electrons. The van der Waals surface area contributed by atoms with Gasteiger partial charge in [0.15, 0.2) is 0 Å². The van der Waals surface area contributed by atoms with Crippen molar-refractivity contribution in [1.82, 2.24) is 4.90 Å². The van der Waals surface area contributed by atoms with Crippen LogP contribution in [0.4, 0.5) is 0 Å². The van der Waals surface area contributed by atoms with Crippen molar-refractivity contribution < 1.29 is 14.7 Å². The van der Waals surface area contributed by atoms with E-state index >= 15 is 0 Å². The highest BCUT2D eigenvalue weighted by Crippen LogP contribution is 2.28. The van der Waals surface area contributed by atoms with E-state index in [1.165, 1.54) is 19.3 Å². The maximum absolute atomic E-state index is 12.1. The minimum atomic E-state index is -0.848. The Morgan fingerprint density at radius 2 is 1.76 bits per heavy atom. The minimum absolute atomic E-state index is 0.0572. The zero-order valence-corrected chi connectivity index (χ0v) is 10.2. The van der Waals surface area contributed by atoms with E-state index in [1.807, 2.05) is 0 Å². The summed E-state index contributed by atoms with van der Waals surface area (Å²) in [6.07, 6.45) is 8.00. The second-order valence-electron chi connectivity index (χ2n) is 5.29. The molecule has 1 aliphatic heterocycles. The van der Waals surface area contributed by atoms with Crippen LogP contribution >= 0.6 is 0 Å². The van der Waals surface area contributed by atoms with Crippen molar-refractivity contribution in [2.45, 2.75) is 57.4 Å². The number of rotatable bonds is 3. The second-order valence-corrected chi connectivity index (χ2v) is 5.29. The lowest BCUT2D eigenvalue weighted by atomic mass is 9.86. The molecular formula is C13H21NO3. The van der Waals surface area contributed by atoms with Crippen LogP contribution in [0.2, 0.25) is 0 Å². The summed E-state index contributed by atoms with van der Waals surface area (Å²) < 4.78 is 0. The molecule has 4 nitrogen and oxygen atoms in total. The highest BCUT2D eigenvalue weighted by molar-refractivity contribution is 5.84. The maximum Gasteiger partial charge on any atom is 0.326 e. The molecule has 1 saturated heterocycles. The predicted molar refractivity (Wildman–Crippen MR) is 63.6 cm³/mol. The molecule has 2 rings (SSSR count). The predicted octanol–water partition coefficient (Wildman–Crippen LogP) is 2.03. The van der Waals surface area contributed by atoms with Gasteiger partial charge >= 0.3 is 5.97 Å². The van der Waals surface area contributed by atoms with Crippen LogP contribution in [0.1, 0.15) is 51.4 Å². The van der Waals surface area contributed by atoms with Gasteiger partial charge in [-0.1, -0.05) is 19.3 Å². The Morgan fingerprint density at radius 1 is 1.06 bits per heavy atom. The molecule has 1 amide bonds. The molecule has 0 aromatic carbocycles. The lowest BCUT2D eigenvalue weighted by Gasteiger charge is -2.26. The van der Waals surface area contributed by atoms with Crippen LogP contribution in [0.5, 0.6) is 0 Å². The van der Waals surface area contributed by atoms with Gasteiger partial charge in [-0.05, 0) is 31.6 Å². The van der Waals surface area contributed by atoms with E-state index in [4.69, 9.17) is 5.11 Å². The molecule has 1 aliphatic carbocycles. The summed E-state index contributed by atoms with van der Waals surface area (Å²) in [4.78, 5) is 24.7. The van der Waals surface area contributed by atoms with Crippen molar-refractivity contribution in [3.8, 4) is 0 Å². The fourth-order valence-corrected chi connectivity index (χ4v) is 3.08. The summed E-state index contributed by atoms with van der Waals surface area (Å²) in [5.74, 6) is -0.299. The Kier molecular flexibility index (Phi) is 4.02. The smallest absolute Gasteiger partial charge is 0.326 e. The number of hydrogen-bond acceptors (Lipinski definition) is 2. The first-order valence-corrected chi connectivity index (χ1v) is 6.71. The van der Waals surface area contributed by atoms with Gasteiger partial charge in [0, 0.05) is 13.0 Å². The lowest BCUT2D eigenvalue weighted by Crippen LogP contribution is -2.41. The number of hydrogen-bond donors (Lipinski definition) is 1. The van der Waals surface area contributed by atoms with E-state index in [0.717, 1.165) is 19.3 Å². The minimum Gasteiger partial charge on any atom is -0.480 e. The standard InChI is InChI=1S/C13H21NO3/c15-12(9-10-5-2-1-3-6-10)14-8-4-7-11(14)13(16)17/h10-11H,1-9H2,(H,16,17)/t11-/m1/s1. The van der Waals surface area contributed by atoms with Crippen molar-refractivity contribution in [1.29, 1.82) is 0 Å². The highest BCUT2D eigenvalue weighted by atomic mass is 16.4. The van der Waals surface area contributed by atoms with Crippen molar-refractivity contribution in [2.75, 3.05) is 6.54 Å². The van der Waals surface area contributed by atoms with Crippen molar-refractivity contribution in [2.24, 2.45) is 5.92 Å². The number of aliphatic carboxylic acids is 1. The Morgan fingerprint density at radius 3 is 2.41 bits per heavy atom. The van der Waals surface area contributed by atoms with Crippen LogP contribution in [-0.2, 0) is 9.59 Å². The van der Waals surface area contributed by atoms with Gasteiger partial charge in [0.2, 0.25) is 5.91 Å². The summed E-state index contributed by atoms with van der Waals surface area (Å²) in [5.41, 5.74) is 0. The molecule has 1 heterocycles. The fraction of sp³-hybridized carbons (Fsp3) is 0.846. The van der Waals surface area contributed by atoms with Gasteiger partial charge in [-0.2, -0.15) is 0 Å². The molecule has 4 heteroatoms. The molecule has 17 heavy (non-hydrogen) atoms. The molecule has 2 aliphatic rings. The first-order valence-electron chi connectivity index (χ1n) is 6.71. The number of amides is 1. The lowest BCUT2D eigenvalue weighted by molar-refractivity contribution is -0.148. The van der Waals surface area contributed by atoms with Crippen molar-refractivity contribution in [3.63, 3.8) is 0 Å². The molecule has 0 bridgehead atoms. The number of nitrogens with zero attached hydrogens (tertiary/aromatic N) is 1. The average molecular weight is 239 g/mol. The Balaban J connectivity index is 1.88. The number of carbonyl (C=O) groups is 2. The molecule has 1 N–H and O–H groups in total. The van der Waals surface area contributed by atoms with Crippen LogP contribution in [-0.4, -0.2) is 34.5 Å². The topological polar surface area (TPSA) is 57.6 Å². The largest absolute Gasteiger partial charge is 0.480 e.